The number of carbonyl (C=O) groups excluding carboxylic acids is 3. The first-order valence-corrected chi connectivity index (χ1v) is 14.6. The first-order valence-electron chi connectivity index (χ1n) is 14.6. The molecule has 4 atom stereocenters. The molecule has 3 aliphatic heterocycles. The number of carboxylic acids is 1. The minimum absolute atomic E-state index is 0.0176. The Morgan fingerprint density at radius 3 is 2.60 bits per heavy atom. The number of nitrogens with one attached hydrogen (secondary N) is 1. The second kappa shape index (κ2) is 12.6. The minimum Gasteiger partial charge on any atom is -0.489 e. The van der Waals surface area contributed by atoms with E-state index in [4.69, 9.17) is 14.2 Å². The van der Waals surface area contributed by atoms with Gasteiger partial charge in [0.1, 0.15) is 24.5 Å². The number of carbonyl (C=O) groups is 4. The van der Waals surface area contributed by atoms with Gasteiger partial charge in [-0.15, -0.1) is 0 Å². The van der Waals surface area contributed by atoms with Crippen LogP contribution in [-0.4, -0.2) is 77.4 Å². The topological polar surface area (TPSA) is 135 Å². The number of fused-ring (bicyclic) bond motifs is 3. The molecule has 0 aromatic heterocycles. The fraction of sp³-hybridized carbons (Fsp3) is 0.613. The lowest BCUT2D eigenvalue weighted by Gasteiger charge is -2.34. The largest absolute Gasteiger partial charge is 0.489 e. The molecular weight excluding hydrogens is 542 g/mol. The zero-order valence-corrected chi connectivity index (χ0v) is 25.2. The summed E-state index contributed by atoms with van der Waals surface area (Å²) in [5.41, 5.74) is 0.972. The first kappa shape index (κ1) is 31.2. The van der Waals surface area contributed by atoms with Crippen LogP contribution < -0.4 is 10.1 Å². The number of alkyl carbamates (subject to hydrolysis) is 1. The van der Waals surface area contributed by atoms with Crippen molar-refractivity contribution >= 4 is 24.1 Å². The van der Waals surface area contributed by atoms with Gasteiger partial charge in [0.15, 0.2) is 0 Å². The second-order valence-electron chi connectivity index (χ2n) is 12.9. The number of amides is 3. The van der Waals surface area contributed by atoms with Crippen LogP contribution in [0.15, 0.2) is 30.4 Å². The summed E-state index contributed by atoms with van der Waals surface area (Å²) in [6.45, 7) is 10.8. The van der Waals surface area contributed by atoms with Gasteiger partial charge in [-0.05, 0) is 29.9 Å². The van der Waals surface area contributed by atoms with Gasteiger partial charge in [0.05, 0.1) is 25.6 Å². The first-order chi connectivity index (χ1) is 19.8. The molecular formula is C31H43N3O8. The predicted octanol–water partition coefficient (Wildman–Crippen LogP) is 4.34. The summed E-state index contributed by atoms with van der Waals surface area (Å²) < 4.78 is 17.3. The Balaban J connectivity index is 1.60. The normalized spacial score (nSPS) is 27.7. The van der Waals surface area contributed by atoms with Crippen LogP contribution in [0, 0.1) is 16.7 Å². The summed E-state index contributed by atoms with van der Waals surface area (Å²) >= 11 is 0. The van der Waals surface area contributed by atoms with Crippen molar-refractivity contribution in [1.82, 2.24) is 15.1 Å². The quantitative estimate of drug-likeness (QED) is 0.490. The van der Waals surface area contributed by atoms with Gasteiger partial charge >= 0.3 is 18.2 Å². The van der Waals surface area contributed by atoms with Crippen molar-refractivity contribution in [1.29, 1.82) is 0 Å². The maximum atomic E-state index is 13.8. The highest BCUT2D eigenvalue weighted by Gasteiger charge is 2.46. The number of cyclic esters (lactones) is 1. The molecule has 0 aliphatic carbocycles. The number of hydrogen-bond acceptors (Lipinski definition) is 7. The molecule has 4 bridgehead atoms. The molecule has 4 rings (SSSR count). The van der Waals surface area contributed by atoms with Crippen molar-refractivity contribution < 1.29 is 38.5 Å². The third-order valence-corrected chi connectivity index (χ3v) is 8.61. The molecule has 1 aromatic rings. The van der Waals surface area contributed by atoms with Gasteiger partial charge in [-0.25, -0.2) is 14.4 Å². The molecule has 3 amide bonds. The van der Waals surface area contributed by atoms with Crippen LogP contribution in [0.2, 0.25) is 0 Å². The van der Waals surface area contributed by atoms with Gasteiger partial charge in [0.25, 0.3) is 0 Å². The Hall–Kier alpha value is -3.76. The maximum Gasteiger partial charge on any atom is 0.410 e. The Morgan fingerprint density at radius 1 is 1.14 bits per heavy atom. The second-order valence-corrected chi connectivity index (χ2v) is 12.9. The van der Waals surface area contributed by atoms with Gasteiger partial charge in [-0.3, -0.25) is 9.69 Å². The summed E-state index contributed by atoms with van der Waals surface area (Å²) in [6, 6.07) is 4.54. The van der Waals surface area contributed by atoms with Crippen LogP contribution in [-0.2, 0) is 32.2 Å². The fourth-order valence-electron chi connectivity index (χ4n) is 5.55. The maximum absolute atomic E-state index is 13.8. The van der Waals surface area contributed by atoms with E-state index in [1.165, 1.54) is 4.90 Å². The molecule has 3 heterocycles. The molecule has 230 valence electrons. The molecule has 11 heteroatoms. The van der Waals surface area contributed by atoms with E-state index in [9.17, 15) is 24.3 Å². The van der Waals surface area contributed by atoms with Crippen molar-refractivity contribution in [2.45, 2.75) is 79.1 Å². The van der Waals surface area contributed by atoms with Gasteiger partial charge < -0.3 is 29.5 Å². The molecule has 0 radical (unpaired) electrons. The van der Waals surface area contributed by atoms with Crippen LogP contribution in [0.4, 0.5) is 9.59 Å². The van der Waals surface area contributed by atoms with Gasteiger partial charge in [-0.2, -0.15) is 0 Å². The van der Waals surface area contributed by atoms with Crippen LogP contribution in [0.1, 0.15) is 65.0 Å². The number of nitrogens with zero attached hydrogens (tertiary/aromatic N) is 2. The summed E-state index contributed by atoms with van der Waals surface area (Å²) in [5.74, 6) is -1.64. The predicted molar refractivity (Wildman–Crippen MR) is 154 cm³/mol. The Kier molecular flexibility index (Phi) is 9.37. The lowest BCUT2D eigenvalue weighted by Crippen LogP contribution is -2.50. The third kappa shape index (κ3) is 7.17. The minimum atomic E-state index is -1.17. The number of benzene rings is 1. The van der Waals surface area contributed by atoms with E-state index < -0.39 is 47.5 Å². The molecule has 4 unspecified atom stereocenters. The Morgan fingerprint density at radius 2 is 1.90 bits per heavy atom. The van der Waals surface area contributed by atoms with Gasteiger partial charge in [0, 0.05) is 30.5 Å². The highest BCUT2D eigenvalue weighted by Crippen LogP contribution is 2.34. The summed E-state index contributed by atoms with van der Waals surface area (Å²) in [7, 11) is 0. The molecule has 11 nitrogen and oxygen atoms in total. The number of hydrogen-bond donors (Lipinski definition) is 2. The van der Waals surface area contributed by atoms with E-state index in [1.54, 1.807) is 4.90 Å². The third-order valence-electron chi connectivity index (χ3n) is 8.61. The summed E-state index contributed by atoms with van der Waals surface area (Å²) in [6.07, 6.45) is 3.39. The number of carboxylic acid groups (broad SMARTS) is 1. The number of aliphatic carboxylic acids is 1. The van der Waals surface area contributed by atoms with Gasteiger partial charge in [0.2, 0.25) is 5.91 Å². The molecule has 3 aliphatic rings. The smallest absolute Gasteiger partial charge is 0.410 e. The highest BCUT2D eigenvalue weighted by atomic mass is 16.6. The zero-order chi connectivity index (χ0) is 30.7. The molecule has 1 aromatic carbocycles. The van der Waals surface area contributed by atoms with E-state index in [0.29, 0.717) is 31.9 Å². The van der Waals surface area contributed by atoms with Crippen molar-refractivity contribution in [2.75, 3.05) is 26.3 Å². The van der Waals surface area contributed by atoms with Crippen LogP contribution in [0.5, 0.6) is 5.75 Å². The van der Waals surface area contributed by atoms with Crippen LogP contribution in [0.25, 0.3) is 0 Å². The lowest BCUT2D eigenvalue weighted by molar-refractivity contribution is -0.151. The summed E-state index contributed by atoms with van der Waals surface area (Å²) in [4.78, 5) is 54.6. The SMILES string of the molecule is CCC1(C)CC=CCOc2cccc3c2CN(C3)C(=O)OC2CC(C(=O)O)N(C2)C(=O)C(C(C)(C)C)CNC(=O)OC1. The highest BCUT2D eigenvalue weighted by molar-refractivity contribution is 5.87. The van der Waals surface area contributed by atoms with E-state index in [-0.39, 0.29) is 31.5 Å². The number of allylic oxidation sites excluding steroid dienone is 1. The zero-order valence-electron chi connectivity index (χ0n) is 25.2. The van der Waals surface area contributed by atoms with Crippen molar-refractivity contribution in [2.24, 2.45) is 16.7 Å². The van der Waals surface area contributed by atoms with E-state index in [1.807, 2.05) is 65.0 Å². The van der Waals surface area contributed by atoms with Gasteiger partial charge in [-0.1, -0.05) is 58.9 Å². The summed E-state index contributed by atoms with van der Waals surface area (Å²) in [5, 5.41) is 12.7. The molecule has 42 heavy (non-hydrogen) atoms. The molecule has 1 saturated heterocycles. The van der Waals surface area contributed by atoms with E-state index in [0.717, 1.165) is 17.5 Å². The standard InChI is InChI=1S/C31H43N3O8/c1-6-31(5)12-7-8-13-40-25-11-9-10-20-16-33(18-22(20)25)29(39)42-21-14-24(27(36)37)34(17-21)26(35)23(30(2,3)4)15-32-28(38)41-19-31/h7-11,21,23-24H,6,12-19H2,1-5H3,(H,32,38)(H,36,37). The molecule has 1 fully saturated rings. The number of ether oxygens (including phenoxy) is 3. The number of rotatable bonds is 2. The lowest BCUT2D eigenvalue weighted by atomic mass is 9.79. The van der Waals surface area contributed by atoms with Crippen LogP contribution >= 0.6 is 0 Å². The average molecular weight is 586 g/mol. The Labute approximate surface area is 247 Å². The molecule has 0 saturated carbocycles. The van der Waals surface area contributed by atoms with Crippen molar-refractivity contribution in [3.05, 3.63) is 41.5 Å². The van der Waals surface area contributed by atoms with Crippen molar-refractivity contribution in [3.63, 3.8) is 0 Å². The van der Waals surface area contributed by atoms with Crippen LogP contribution in [0.3, 0.4) is 0 Å². The van der Waals surface area contributed by atoms with E-state index in [2.05, 4.69) is 5.32 Å². The fourth-order valence-corrected chi connectivity index (χ4v) is 5.55. The van der Waals surface area contributed by atoms with E-state index >= 15 is 0 Å². The molecule has 2 N–H and O–H groups in total. The Bertz CT molecular complexity index is 1230. The average Bonchev–Trinajstić information content (AvgIpc) is 3.56. The monoisotopic (exact) mass is 585 g/mol. The molecule has 0 spiro atoms. The van der Waals surface area contributed by atoms with Crippen molar-refractivity contribution in [3.8, 4) is 5.75 Å².